The van der Waals surface area contributed by atoms with E-state index in [-0.39, 0.29) is 6.10 Å². The predicted octanol–water partition coefficient (Wildman–Crippen LogP) is 4.39. The monoisotopic (exact) mass is 362 g/mol. The summed E-state index contributed by atoms with van der Waals surface area (Å²) in [5.41, 5.74) is 2.73. The molecule has 1 unspecified atom stereocenters. The van der Waals surface area contributed by atoms with Crippen molar-refractivity contribution in [2.75, 3.05) is 11.9 Å². The van der Waals surface area contributed by atoms with Crippen molar-refractivity contribution in [3.63, 3.8) is 0 Å². The van der Waals surface area contributed by atoms with Gasteiger partial charge in [0.25, 0.3) is 0 Å². The van der Waals surface area contributed by atoms with Crippen LogP contribution in [0.4, 0.5) is 5.69 Å². The number of benzene rings is 2. The summed E-state index contributed by atoms with van der Waals surface area (Å²) in [4.78, 5) is 0. The molecule has 1 aliphatic rings. The second-order valence-corrected chi connectivity index (χ2v) is 6.17. The molecule has 0 amide bonds. The Labute approximate surface area is 136 Å². The van der Waals surface area contributed by atoms with E-state index in [1.165, 1.54) is 0 Å². The minimum atomic E-state index is 0.0843. The van der Waals surface area contributed by atoms with E-state index < -0.39 is 0 Å². The van der Waals surface area contributed by atoms with Crippen LogP contribution in [0.25, 0.3) is 0 Å². The van der Waals surface area contributed by atoms with Gasteiger partial charge in [-0.25, -0.2) is 0 Å². The van der Waals surface area contributed by atoms with Gasteiger partial charge < -0.3 is 10.1 Å². The molecular formula is C16H12BrClN2O. The third-order valence-electron chi connectivity index (χ3n) is 3.38. The third-order valence-corrected chi connectivity index (χ3v) is 4.27. The predicted molar refractivity (Wildman–Crippen MR) is 86.9 cm³/mol. The Bertz CT molecular complexity index is 727. The topological polar surface area (TPSA) is 45.0 Å². The van der Waals surface area contributed by atoms with Gasteiger partial charge in [0, 0.05) is 21.6 Å². The quantitative estimate of drug-likeness (QED) is 0.879. The third kappa shape index (κ3) is 3.15. The molecule has 3 rings (SSSR count). The van der Waals surface area contributed by atoms with Gasteiger partial charge in [-0.3, -0.25) is 0 Å². The Morgan fingerprint density at radius 1 is 1.33 bits per heavy atom. The molecule has 2 aromatic carbocycles. The van der Waals surface area contributed by atoms with Gasteiger partial charge in [0.15, 0.2) is 0 Å². The van der Waals surface area contributed by atoms with Gasteiger partial charge in [-0.1, -0.05) is 11.6 Å². The molecule has 1 N–H and O–H groups in total. The van der Waals surface area contributed by atoms with E-state index >= 15 is 0 Å². The fourth-order valence-electron chi connectivity index (χ4n) is 2.35. The minimum absolute atomic E-state index is 0.0843. The maximum Gasteiger partial charge on any atom is 0.123 e. The Morgan fingerprint density at radius 2 is 2.19 bits per heavy atom. The summed E-state index contributed by atoms with van der Waals surface area (Å²) < 4.78 is 6.75. The van der Waals surface area contributed by atoms with Crippen LogP contribution in [0, 0.1) is 11.3 Å². The highest BCUT2D eigenvalue weighted by Gasteiger charge is 2.22. The highest BCUT2D eigenvalue weighted by molar-refractivity contribution is 9.10. The molecule has 2 aromatic rings. The van der Waals surface area contributed by atoms with Crippen molar-refractivity contribution in [2.24, 2.45) is 0 Å². The van der Waals surface area contributed by atoms with Crippen molar-refractivity contribution in [1.29, 1.82) is 5.26 Å². The fourth-order valence-corrected chi connectivity index (χ4v) is 3.07. The number of nitriles is 1. The smallest absolute Gasteiger partial charge is 0.123 e. The normalized spacial score (nSPS) is 16.0. The Morgan fingerprint density at radius 3 is 2.95 bits per heavy atom. The van der Waals surface area contributed by atoms with Crippen molar-refractivity contribution < 1.29 is 4.74 Å². The maximum atomic E-state index is 8.86. The summed E-state index contributed by atoms with van der Waals surface area (Å²) in [7, 11) is 0. The lowest BCUT2D eigenvalue weighted by Crippen LogP contribution is -2.24. The lowest BCUT2D eigenvalue weighted by Gasteiger charge is -2.14. The summed E-state index contributed by atoms with van der Waals surface area (Å²) in [6.45, 7) is 0.691. The fraction of sp³-hybridized carbons (Fsp3) is 0.188. The SMILES string of the molecule is N#Cc1ccc(NCC2Cc3cc(Cl)ccc3O2)c(Br)c1. The van der Waals surface area contributed by atoms with Gasteiger partial charge in [-0.2, -0.15) is 5.26 Å². The second-order valence-electron chi connectivity index (χ2n) is 4.88. The van der Waals surface area contributed by atoms with Crippen LogP contribution >= 0.6 is 27.5 Å². The highest BCUT2D eigenvalue weighted by atomic mass is 79.9. The summed E-state index contributed by atoms with van der Waals surface area (Å²) in [6.07, 6.45) is 0.928. The van der Waals surface area contributed by atoms with Crippen molar-refractivity contribution in [1.82, 2.24) is 0 Å². The van der Waals surface area contributed by atoms with E-state index in [4.69, 9.17) is 21.6 Å². The van der Waals surface area contributed by atoms with Gasteiger partial charge in [0.05, 0.1) is 18.2 Å². The molecule has 0 bridgehead atoms. The zero-order chi connectivity index (χ0) is 14.8. The van der Waals surface area contributed by atoms with Crippen LogP contribution in [0.1, 0.15) is 11.1 Å². The molecule has 0 spiro atoms. The molecule has 0 saturated carbocycles. The first-order valence-corrected chi connectivity index (χ1v) is 7.71. The number of ether oxygens (including phenoxy) is 1. The average molecular weight is 364 g/mol. The van der Waals surface area contributed by atoms with Gasteiger partial charge in [-0.05, 0) is 57.9 Å². The standard InChI is InChI=1S/C16H12BrClN2O/c17-14-5-10(8-19)1-3-15(14)20-9-13-7-11-6-12(18)2-4-16(11)21-13/h1-6,13,20H,7,9H2. The molecule has 1 heterocycles. The van der Waals surface area contributed by atoms with Crippen molar-refractivity contribution in [3.05, 3.63) is 57.0 Å². The van der Waals surface area contributed by atoms with Gasteiger partial charge in [0.2, 0.25) is 0 Å². The van der Waals surface area contributed by atoms with Crippen LogP contribution in [0.3, 0.4) is 0 Å². The van der Waals surface area contributed by atoms with Crippen molar-refractivity contribution in [2.45, 2.75) is 12.5 Å². The van der Waals surface area contributed by atoms with Crippen LogP contribution in [0.5, 0.6) is 5.75 Å². The lowest BCUT2D eigenvalue weighted by molar-refractivity contribution is 0.246. The van der Waals surface area contributed by atoms with Crippen molar-refractivity contribution in [3.8, 4) is 11.8 Å². The highest BCUT2D eigenvalue weighted by Crippen LogP contribution is 2.31. The van der Waals surface area contributed by atoms with E-state index in [2.05, 4.69) is 27.3 Å². The molecule has 5 heteroatoms. The molecule has 1 atom stereocenters. The zero-order valence-electron chi connectivity index (χ0n) is 11.1. The number of halogens is 2. The molecule has 0 fully saturated rings. The number of hydrogen-bond acceptors (Lipinski definition) is 3. The molecule has 3 nitrogen and oxygen atoms in total. The van der Waals surface area contributed by atoms with Crippen LogP contribution in [0.2, 0.25) is 5.02 Å². The first kappa shape index (κ1) is 14.2. The Kier molecular flexibility index (Phi) is 4.05. The van der Waals surface area contributed by atoms with Crippen molar-refractivity contribution >= 4 is 33.2 Å². The van der Waals surface area contributed by atoms with E-state index in [0.717, 1.165) is 32.9 Å². The van der Waals surface area contributed by atoms with Gasteiger partial charge in [-0.15, -0.1) is 0 Å². The van der Waals surface area contributed by atoms with E-state index in [9.17, 15) is 0 Å². The Balaban J connectivity index is 1.64. The summed E-state index contributed by atoms with van der Waals surface area (Å²) >= 11 is 9.45. The Hall–Kier alpha value is -1.70. The zero-order valence-corrected chi connectivity index (χ0v) is 13.4. The summed E-state index contributed by atoms with van der Waals surface area (Å²) in [5.74, 6) is 0.907. The molecule has 106 valence electrons. The van der Waals surface area contributed by atoms with Crippen LogP contribution in [-0.4, -0.2) is 12.6 Å². The second kappa shape index (κ2) is 5.97. The number of hydrogen-bond donors (Lipinski definition) is 1. The number of nitrogens with zero attached hydrogens (tertiary/aromatic N) is 1. The number of nitrogens with one attached hydrogen (secondary N) is 1. The summed E-state index contributed by atoms with van der Waals surface area (Å²) in [6, 6.07) is 13.3. The van der Waals surface area contributed by atoms with E-state index in [0.29, 0.717) is 12.1 Å². The molecule has 0 aliphatic carbocycles. The summed E-state index contributed by atoms with van der Waals surface area (Å²) in [5, 5.41) is 12.9. The lowest BCUT2D eigenvalue weighted by atomic mass is 10.1. The van der Waals surface area contributed by atoms with Crippen LogP contribution in [0.15, 0.2) is 40.9 Å². The number of fused-ring (bicyclic) bond motifs is 1. The maximum absolute atomic E-state index is 8.86. The molecule has 0 radical (unpaired) electrons. The minimum Gasteiger partial charge on any atom is -0.488 e. The van der Waals surface area contributed by atoms with Gasteiger partial charge in [0.1, 0.15) is 11.9 Å². The van der Waals surface area contributed by atoms with Gasteiger partial charge >= 0.3 is 0 Å². The first-order valence-electron chi connectivity index (χ1n) is 6.54. The van der Waals surface area contributed by atoms with E-state index in [1.54, 1.807) is 12.1 Å². The molecule has 21 heavy (non-hydrogen) atoms. The van der Waals surface area contributed by atoms with Crippen LogP contribution in [-0.2, 0) is 6.42 Å². The molecule has 0 aromatic heterocycles. The number of anilines is 1. The molecular weight excluding hydrogens is 352 g/mol. The molecule has 1 aliphatic heterocycles. The molecule has 0 saturated heterocycles. The van der Waals surface area contributed by atoms with Crippen LogP contribution < -0.4 is 10.1 Å². The van der Waals surface area contributed by atoms with E-state index in [1.807, 2.05) is 24.3 Å². The average Bonchev–Trinajstić information content (AvgIpc) is 2.87. The largest absolute Gasteiger partial charge is 0.488 e. The number of rotatable bonds is 3. The first-order chi connectivity index (χ1) is 10.2.